The molecule has 124 valence electrons. The van der Waals surface area contributed by atoms with Crippen molar-refractivity contribution in [3.63, 3.8) is 0 Å². The molecule has 6 nitrogen and oxygen atoms in total. The molecule has 0 aliphatic heterocycles. The van der Waals surface area contributed by atoms with Gasteiger partial charge in [-0.05, 0) is 30.0 Å². The molecule has 0 unspecified atom stereocenters. The molecule has 0 saturated heterocycles. The van der Waals surface area contributed by atoms with E-state index in [1.54, 1.807) is 18.5 Å². The molecule has 24 heavy (non-hydrogen) atoms. The van der Waals surface area contributed by atoms with Crippen molar-refractivity contribution in [3.05, 3.63) is 49.1 Å². The third-order valence-electron chi connectivity index (χ3n) is 3.27. The number of hydrogen-bond donors (Lipinski definition) is 0. The lowest BCUT2D eigenvalue weighted by Gasteiger charge is -2.16. The first-order chi connectivity index (χ1) is 11.5. The van der Waals surface area contributed by atoms with Gasteiger partial charge in [-0.25, -0.2) is 9.97 Å². The highest BCUT2D eigenvalue weighted by Gasteiger charge is 2.20. The highest BCUT2D eigenvalue weighted by atomic mass is 32.2. The van der Waals surface area contributed by atoms with Gasteiger partial charge in [-0.2, -0.15) is 0 Å². The van der Waals surface area contributed by atoms with E-state index in [0.717, 1.165) is 16.0 Å². The van der Waals surface area contributed by atoms with Crippen molar-refractivity contribution in [2.75, 3.05) is 0 Å². The van der Waals surface area contributed by atoms with Crippen molar-refractivity contribution in [1.82, 2.24) is 24.7 Å². The molecule has 3 heterocycles. The zero-order valence-corrected chi connectivity index (χ0v) is 14.7. The van der Waals surface area contributed by atoms with Crippen molar-refractivity contribution >= 4 is 11.8 Å². The molecule has 0 bridgehead atoms. The summed E-state index contributed by atoms with van der Waals surface area (Å²) in [7, 11) is 0. The maximum absolute atomic E-state index is 5.44. The van der Waals surface area contributed by atoms with Crippen LogP contribution >= 0.6 is 11.8 Å². The van der Waals surface area contributed by atoms with Gasteiger partial charge >= 0.3 is 0 Å². The van der Waals surface area contributed by atoms with Crippen LogP contribution < -0.4 is 0 Å². The zero-order valence-electron chi connectivity index (χ0n) is 13.9. The summed E-state index contributed by atoms with van der Waals surface area (Å²) in [4.78, 5) is 8.99. The molecule has 0 aromatic carbocycles. The van der Waals surface area contributed by atoms with Gasteiger partial charge in [0.1, 0.15) is 10.9 Å². The van der Waals surface area contributed by atoms with Crippen LogP contribution in [0.2, 0.25) is 0 Å². The highest BCUT2D eigenvalue weighted by molar-refractivity contribution is 7.99. The van der Waals surface area contributed by atoms with E-state index in [4.69, 9.17) is 4.42 Å². The highest BCUT2D eigenvalue weighted by Crippen LogP contribution is 2.29. The fourth-order valence-electron chi connectivity index (χ4n) is 2.10. The molecule has 0 N–H and O–H groups in total. The summed E-state index contributed by atoms with van der Waals surface area (Å²) >= 11 is 1.45. The first-order valence-electron chi connectivity index (χ1n) is 7.58. The molecule has 3 rings (SSSR count). The van der Waals surface area contributed by atoms with Crippen molar-refractivity contribution < 1.29 is 4.42 Å². The molecule has 0 radical (unpaired) electrons. The standard InChI is InChI=1S/C17H19N5OS/c1-5-10-22-14(12-7-6-11-23-12)20-21-16(22)24-13-8-9-18-15(19-13)17(2,3)4/h5-9,11H,1,10H2,2-4H3. The SMILES string of the molecule is C=CCn1c(Sc2ccnc(C(C)(C)C)n2)nnc1-c1ccco1. The van der Waals surface area contributed by atoms with Crippen molar-refractivity contribution in [2.45, 2.75) is 42.9 Å². The lowest BCUT2D eigenvalue weighted by molar-refractivity contribution is 0.538. The van der Waals surface area contributed by atoms with E-state index in [9.17, 15) is 0 Å². The van der Waals surface area contributed by atoms with Gasteiger partial charge in [-0.3, -0.25) is 4.57 Å². The summed E-state index contributed by atoms with van der Waals surface area (Å²) in [6.07, 6.45) is 5.20. The minimum atomic E-state index is -0.106. The molecule has 0 spiro atoms. The van der Waals surface area contributed by atoms with Crippen molar-refractivity contribution in [1.29, 1.82) is 0 Å². The molecule has 0 atom stereocenters. The second-order valence-electron chi connectivity index (χ2n) is 6.25. The van der Waals surface area contributed by atoms with Gasteiger partial charge in [0.05, 0.1) is 6.26 Å². The minimum Gasteiger partial charge on any atom is -0.461 e. The Labute approximate surface area is 145 Å². The van der Waals surface area contributed by atoms with Gasteiger partial charge < -0.3 is 4.42 Å². The van der Waals surface area contributed by atoms with E-state index < -0.39 is 0 Å². The normalized spacial score (nSPS) is 11.6. The van der Waals surface area contributed by atoms with Gasteiger partial charge in [0.25, 0.3) is 0 Å². The van der Waals surface area contributed by atoms with Crippen LogP contribution in [0, 0.1) is 0 Å². The van der Waals surface area contributed by atoms with Gasteiger partial charge in [0.2, 0.25) is 5.82 Å². The fraction of sp³-hybridized carbons (Fsp3) is 0.294. The molecule has 3 aromatic rings. The molecular weight excluding hydrogens is 322 g/mol. The molecule has 0 fully saturated rings. The van der Waals surface area contributed by atoms with E-state index in [1.165, 1.54) is 11.8 Å². The van der Waals surface area contributed by atoms with E-state index >= 15 is 0 Å². The van der Waals surface area contributed by atoms with Crippen molar-refractivity contribution in [3.8, 4) is 11.6 Å². The Morgan fingerprint density at radius 2 is 2.12 bits per heavy atom. The Kier molecular flexibility index (Phi) is 4.53. The summed E-state index contributed by atoms with van der Waals surface area (Å²) in [6, 6.07) is 5.56. The first kappa shape index (κ1) is 16.4. The van der Waals surface area contributed by atoms with Gasteiger partial charge in [-0.15, -0.1) is 16.8 Å². The Balaban J connectivity index is 1.95. The summed E-state index contributed by atoms with van der Waals surface area (Å²) in [5.74, 6) is 2.15. The summed E-state index contributed by atoms with van der Waals surface area (Å²) in [5, 5.41) is 10.1. The fourth-order valence-corrected chi connectivity index (χ4v) is 2.90. The van der Waals surface area contributed by atoms with Crippen LogP contribution in [0.5, 0.6) is 0 Å². The quantitative estimate of drug-likeness (QED) is 0.517. The zero-order chi connectivity index (χ0) is 17.2. The lowest BCUT2D eigenvalue weighted by atomic mass is 9.96. The molecule has 0 aliphatic rings. The van der Waals surface area contributed by atoms with Gasteiger partial charge in [0, 0.05) is 18.2 Å². The molecule has 0 amide bonds. The third kappa shape index (κ3) is 3.41. The minimum absolute atomic E-state index is 0.106. The second-order valence-corrected chi connectivity index (χ2v) is 7.24. The molecule has 7 heteroatoms. The maximum atomic E-state index is 5.44. The smallest absolute Gasteiger partial charge is 0.200 e. The van der Waals surface area contributed by atoms with E-state index in [0.29, 0.717) is 18.1 Å². The second kappa shape index (κ2) is 6.60. The Morgan fingerprint density at radius 3 is 2.79 bits per heavy atom. The van der Waals surface area contributed by atoms with Gasteiger partial charge in [-0.1, -0.05) is 26.8 Å². The molecular formula is C17H19N5OS. The topological polar surface area (TPSA) is 69.6 Å². The van der Waals surface area contributed by atoms with Crippen LogP contribution in [0.4, 0.5) is 0 Å². The molecule has 0 aliphatic carbocycles. The van der Waals surface area contributed by atoms with Crippen molar-refractivity contribution in [2.24, 2.45) is 0 Å². The maximum Gasteiger partial charge on any atom is 0.200 e. The van der Waals surface area contributed by atoms with E-state index in [1.807, 2.05) is 22.8 Å². The Bertz CT molecular complexity index is 833. The monoisotopic (exact) mass is 341 g/mol. The number of hydrogen-bond acceptors (Lipinski definition) is 6. The number of furan rings is 1. The van der Waals surface area contributed by atoms with Crippen LogP contribution in [0.1, 0.15) is 26.6 Å². The van der Waals surface area contributed by atoms with Crippen LogP contribution in [-0.2, 0) is 12.0 Å². The summed E-state index contributed by atoms with van der Waals surface area (Å²) in [5.41, 5.74) is -0.106. The lowest BCUT2D eigenvalue weighted by Crippen LogP contribution is -2.15. The molecule has 3 aromatic heterocycles. The van der Waals surface area contributed by atoms with Crippen LogP contribution in [0.25, 0.3) is 11.6 Å². The first-order valence-corrected chi connectivity index (χ1v) is 8.40. The van der Waals surface area contributed by atoms with Crippen LogP contribution in [-0.4, -0.2) is 24.7 Å². The van der Waals surface area contributed by atoms with E-state index in [-0.39, 0.29) is 5.41 Å². The number of aromatic nitrogens is 5. The van der Waals surface area contributed by atoms with Crippen LogP contribution in [0.15, 0.2) is 57.9 Å². The average molecular weight is 341 g/mol. The van der Waals surface area contributed by atoms with E-state index in [2.05, 4.69) is 47.5 Å². The predicted octanol–water partition coefficient (Wildman–Crippen LogP) is 3.96. The summed E-state index contributed by atoms with van der Waals surface area (Å²) in [6.45, 7) is 10.7. The Morgan fingerprint density at radius 1 is 1.29 bits per heavy atom. The molecule has 0 saturated carbocycles. The average Bonchev–Trinajstić information content (AvgIpc) is 3.18. The summed E-state index contributed by atoms with van der Waals surface area (Å²) < 4.78 is 7.40. The number of nitrogens with zero attached hydrogens (tertiary/aromatic N) is 5. The van der Waals surface area contributed by atoms with Crippen LogP contribution in [0.3, 0.4) is 0 Å². The number of allylic oxidation sites excluding steroid dienone is 1. The predicted molar refractivity (Wildman–Crippen MR) is 92.8 cm³/mol. The third-order valence-corrected chi connectivity index (χ3v) is 4.19. The van der Waals surface area contributed by atoms with Gasteiger partial charge in [0.15, 0.2) is 10.9 Å². The Hall–Kier alpha value is -2.41. The number of rotatable bonds is 5. The largest absolute Gasteiger partial charge is 0.461 e.